The lowest BCUT2D eigenvalue weighted by atomic mass is 9.94. The molecule has 2 nitrogen and oxygen atoms in total. The van der Waals surface area contributed by atoms with E-state index in [9.17, 15) is 0 Å². The molecular formula is C28H34N2. The largest absolute Gasteiger partial charge is 0.354 e. The maximum atomic E-state index is 4.99. The Morgan fingerprint density at radius 3 is 2.27 bits per heavy atom. The van der Waals surface area contributed by atoms with Gasteiger partial charge in [-0.25, -0.2) is 0 Å². The molecule has 2 heteroatoms. The zero-order valence-corrected chi connectivity index (χ0v) is 18.2. The molecule has 0 fully saturated rings. The molecule has 156 valence electrons. The van der Waals surface area contributed by atoms with Crippen molar-refractivity contribution in [1.82, 2.24) is 4.90 Å². The minimum absolute atomic E-state index is 0.386. The third-order valence-corrected chi connectivity index (χ3v) is 6.41. The van der Waals surface area contributed by atoms with Crippen molar-refractivity contribution >= 4 is 6.34 Å². The van der Waals surface area contributed by atoms with Gasteiger partial charge in [-0.15, -0.1) is 0 Å². The van der Waals surface area contributed by atoms with E-state index >= 15 is 0 Å². The van der Waals surface area contributed by atoms with Crippen molar-refractivity contribution in [2.45, 2.75) is 64.0 Å². The first-order valence-corrected chi connectivity index (χ1v) is 11.5. The van der Waals surface area contributed by atoms with Gasteiger partial charge in [0.1, 0.15) is 0 Å². The molecule has 0 N–H and O–H groups in total. The fraction of sp³-hybridized carbons (Fsp3) is 0.393. The average Bonchev–Trinajstić information content (AvgIpc) is 3.03. The topological polar surface area (TPSA) is 15.6 Å². The first-order chi connectivity index (χ1) is 14.8. The number of allylic oxidation sites excluding steroid dienone is 3. The highest BCUT2D eigenvalue weighted by Gasteiger charge is 2.30. The zero-order valence-electron chi connectivity index (χ0n) is 18.2. The van der Waals surface area contributed by atoms with Crippen LogP contribution in [-0.4, -0.2) is 29.9 Å². The predicted octanol–water partition coefficient (Wildman–Crippen LogP) is 6.39. The summed E-state index contributed by atoms with van der Waals surface area (Å²) in [4.78, 5) is 7.52. The smallest absolute Gasteiger partial charge is 0.0860 e. The highest BCUT2D eigenvalue weighted by Crippen LogP contribution is 2.26. The molecule has 0 saturated carbocycles. The van der Waals surface area contributed by atoms with Crippen LogP contribution in [0.25, 0.3) is 0 Å². The lowest BCUT2D eigenvalue weighted by Gasteiger charge is -2.29. The number of rotatable bonds is 8. The summed E-state index contributed by atoms with van der Waals surface area (Å²) in [6.07, 6.45) is 15.1. The molecule has 0 radical (unpaired) electrons. The highest BCUT2D eigenvalue weighted by molar-refractivity contribution is 5.60. The van der Waals surface area contributed by atoms with E-state index in [-0.39, 0.29) is 0 Å². The number of aliphatic imine (C=N–C) groups is 1. The number of hydrogen-bond donors (Lipinski definition) is 0. The molecule has 2 atom stereocenters. The Morgan fingerprint density at radius 1 is 0.900 bits per heavy atom. The third-order valence-electron chi connectivity index (χ3n) is 6.41. The van der Waals surface area contributed by atoms with E-state index in [1.165, 1.54) is 36.0 Å². The van der Waals surface area contributed by atoms with Gasteiger partial charge in [0.15, 0.2) is 0 Å². The Bertz CT molecular complexity index is 879. The van der Waals surface area contributed by atoms with Gasteiger partial charge in [-0.05, 0) is 63.0 Å². The molecule has 2 aromatic rings. The van der Waals surface area contributed by atoms with Gasteiger partial charge in [-0.1, -0.05) is 84.0 Å². The monoisotopic (exact) mass is 398 g/mol. The van der Waals surface area contributed by atoms with Gasteiger partial charge in [0.2, 0.25) is 0 Å². The van der Waals surface area contributed by atoms with E-state index in [2.05, 4.69) is 91.0 Å². The fourth-order valence-corrected chi connectivity index (χ4v) is 4.75. The molecule has 4 rings (SSSR count). The fourth-order valence-electron chi connectivity index (χ4n) is 4.75. The molecule has 1 heterocycles. The van der Waals surface area contributed by atoms with Crippen molar-refractivity contribution in [1.29, 1.82) is 0 Å². The van der Waals surface area contributed by atoms with Crippen molar-refractivity contribution in [2.75, 3.05) is 6.54 Å². The number of hydrogen-bond acceptors (Lipinski definition) is 2. The van der Waals surface area contributed by atoms with Crippen LogP contribution in [0, 0.1) is 0 Å². The summed E-state index contributed by atoms with van der Waals surface area (Å²) in [7, 11) is 0. The normalized spacial score (nSPS) is 21.3. The summed E-state index contributed by atoms with van der Waals surface area (Å²) in [6.45, 7) is 3.26. The molecule has 2 aromatic carbocycles. The van der Waals surface area contributed by atoms with E-state index in [4.69, 9.17) is 4.99 Å². The van der Waals surface area contributed by atoms with Crippen LogP contribution in [0.15, 0.2) is 89.0 Å². The highest BCUT2D eigenvalue weighted by atomic mass is 15.2. The van der Waals surface area contributed by atoms with Crippen molar-refractivity contribution in [3.8, 4) is 0 Å². The predicted molar refractivity (Wildman–Crippen MR) is 128 cm³/mol. The second-order valence-electron chi connectivity index (χ2n) is 8.76. The minimum atomic E-state index is 0.386. The van der Waals surface area contributed by atoms with Crippen LogP contribution < -0.4 is 0 Å². The molecule has 2 aliphatic rings. The van der Waals surface area contributed by atoms with Crippen molar-refractivity contribution in [3.63, 3.8) is 0 Å². The SMILES string of the molecule is CC1=CCCCC(CN2C=NC(CCc3ccccc3)C2CCc2ccccc2)=C1. The van der Waals surface area contributed by atoms with Gasteiger partial charge >= 0.3 is 0 Å². The van der Waals surface area contributed by atoms with Crippen LogP contribution in [-0.2, 0) is 12.8 Å². The van der Waals surface area contributed by atoms with Crippen LogP contribution in [0.2, 0.25) is 0 Å². The summed E-state index contributed by atoms with van der Waals surface area (Å²) >= 11 is 0. The van der Waals surface area contributed by atoms with E-state index in [0.29, 0.717) is 12.1 Å². The summed E-state index contributed by atoms with van der Waals surface area (Å²) in [5.41, 5.74) is 5.82. The first kappa shape index (κ1) is 20.7. The molecule has 30 heavy (non-hydrogen) atoms. The zero-order chi connectivity index (χ0) is 20.6. The summed E-state index contributed by atoms with van der Waals surface area (Å²) in [5.74, 6) is 0. The quantitative estimate of drug-likeness (QED) is 0.503. The molecular weight excluding hydrogens is 364 g/mol. The van der Waals surface area contributed by atoms with E-state index in [0.717, 1.165) is 32.2 Å². The molecule has 0 amide bonds. The molecule has 2 unspecified atom stereocenters. The average molecular weight is 399 g/mol. The molecule has 1 aliphatic carbocycles. The molecule has 0 spiro atoms. The second-order valence-corrected chi connectivity index (χ2v) is 8.76. The van der Waals surface area contributed by atoms with Crippen molar-refractivity contribution in [2.24, 2.45) is 4.99 Å². The standard InChI is InChI=1S/C28H34N2/c1-23-10-8-9-15-26(20-23)21-30-22-29-27(18-16-24-11-4-2-5-12-24)28(30)19-17-25-13-6-3-7-14-25/h2-7,10-14,20,22,27-28H,8-9,15-19,21H2,1H3. The maximum Gasteiger partial charge on any atom is 0.0860 e. The van der Waals surface area contributed by atoms with E-state index in [1.807, 2.05) is 0 Å². The lowest BCUT2D eigenvalue weighted by Crippen LogP contribution is -2.38. The van der Waals surface area contributed by atoms with E-state index < -0.39 is 0 Å². The molecule has 0 saturated heterocycles. The van der Waals surface area contributed by atoms with Gasteiger partial charge in [0.05, 0.1) is 18.4 Å². The lowest BCUT2D eigenvalue weighted by molar-refractivity contribution is 0.299. The second kappa shape index (κ2) is 10.4. The van der Waals surface area contributed by atoms with Gasteiger partial charge in [-0.3, -0.25) is 4.99 Å². The Morgan fingerprint density at radius 2 is 1.57 bits per heavy atom. The Hall–Kier alpha value is -2.61. The van der Waals surface area contributed by atoms with E-state index in [1.54, 1.807) is 5.57 Å². The van der Waals surface area contributed by atoms with Crippen LogP contribution in [0.5, 0.6) is 0 Å². The number of aryl methyl sites for hydroxylation is 2. The van der Waals surface area contributed by atoms with Crippen molar-refractivity contribution < 1.29 is 0 Å². The third kappa shape index (κ3) is 5.72. The van der Waals surface area contributed by atoms with Crippen molar-refractivity contribution in [3.05, 3.63) is 95.1 Å². The minimum Gasteiger partial charge on any atom is -0.354 e. The Labute approximate surface area is 182 Å². The summed E-state index contributed by atoms with van der Waals surface area (Å²) in [6, 6.07) is 22.6. The Balaban J connectivity index is 1.44. The number of benzene rings is 2. The van der Waals surface area contributed by atoms with Gasteiger partial charge < -0.3 is 4.90 Å². The van der Waals surface area contributed by atoms with Crippen LogP contribution in [0.1, 0.15) is 50.2 Å². The van der Waals surface area contributed by atoms with Crippen LogP contribution in [0.3, 0.4) is 0 Å². The molecule has 0 aromatic heterocycles. The Kier molecular flexibility index (Phi) is 7.18. The van der Waals surface area contributed by atoms with Crippen LogP contribution in [0.4, 0.5) is 0 Å². The molecule has 1 aliphatic heterocycles. The van der Waals surface area contributed by atoms with Gasteiger partial charge in [0, 0.05) is 6.54 Å². The van der Waals surface area contributed by atoms with Gasteiger partial charge in [0.25, 0.3) is 0 Å². The first-order valence-electron chi connectivity index (χ1n) is 11.5. The molecule has 0 bridgehead atoms. The maximum absolute atomic E-state index is 4.99. The summed E-state index contributed by atoms with van der Waals surface area (Å²) < 4.78 is 0. The number of nitrogens with zero attached hydrogens (tertiary/aromatic N) is 2. The summed E-state index contributed by atoms with van der Waals surface area (Å²) in [5, 5.41) is 0. The van der Waals surface area contributed by atoms with Gasteiger partial charge in [-0.2, -0.15) is 0 Å². The van der Waals surface area contributed by atoms with Crippen LogP contribution >= 0.6 is 0 Å².